The highest BCUT2D eigenvalue weighted by molar-refractivity contribution is 7.16. The van der Waals surface area contributed by atoms with Crippen LogP contribution in [0.3, 0.4) is 0 Å². The number of nitrogens with zero attached hydrogens (tertiary/aromatic N) is 4. The lowest BCUT2D eigenvalue weighted by atomic mass is 9.93. The number of halogens is 3. The number of thiophene rings is 1. The Bertz CT molecular complexity index is 1060. The first-order chi connectivity index (χ1) is 13.3. The number of alkyl halides is 3. The molecule has 1 N–H and O–H groups in total. The Kier molecular flexibility index (Phi) is 4.69. The molecule has 0 unspecified atom stereocenters. The van der Waals surface area contributed by atoms with E-state index in [1.165, 1.54) is 33.3 Å². The van der Waals surface area contributed by atoms with Crippen LogP contribution < -0.4 is 5.56 Å². The zero-order valence-electron chi connectivity index (χ0n) is 14.6. The van der Waals surface area contributed by atoms with Crippen molar-refractivity contribution in [1.29, 1.82) is 0 Å². The molecule has 0 aromatic carbocycles. The van der Waals surface area contributed by atoms with E-state index in [0.717, 1.165) is 0 Å². The van der Waals surface area contributed by atoms with Crippen LogP contribution in [0.1, 0.15) is 29.6 Å². The molecule has 0 saturated carbocycles. The molecular formula is C17H16F3N5O2S. The fourth-order valence-electron chi connectivity index (χ4n) is 3.36. The maximum atomic E-state index is 12.6. The number of rotatable bonds is 3. The summed E-state index contributed by atoms with van der Waals surface area (Å²) in [5.74, 6) is -0.544. The summed E-state index contributed by atoms with van der Waals surface area (Å²) >= 11 is 1.32. The summed E-state index contributed by atoms with van der Waals surface area (Å²) in [4.78, 5) is 33.7. The van der Waals surface area contributed by atoms with Crippen LogP contribution in [0.25, 0.3) is 16.2 Å². The standard InChI is InChI=1S/C17H16F3N5O2S/c18-17(19,20)7-10-1-4-24(5-2-10)15(27)11-8-21-25(9-11)16-22-13(26)12-3-6-28-14(12)23-16/h3,6,8-10H,1-2,4-5,7H2,(H,22,23,26). The predicted molar refractivity (Wildman–Crippen MR) is 96.7 cm³/mol. The Labute approximate surface area is 160 Å². The van der Waals surface area contributed by atoms with E-state index in [9.17, 15) is 22.8 Å². The number of hydrogen-bond acceptors (Lipinski definition) is 5. The minimum absolute atomic E-state index is 0.197. The first kappa shape index (κ1) is 18.7. The van der Waals surface area contributed by atoms with Crippen LogP contribution in [0.2, 0.25) is 0 Å². The average molecular weight is 411 g/mol. The fraction of sp³-hybridized carbons (Fsp3) is 0.412. The SMILES string of the molecule is O=C(c1cnn(-c2nc3sccc3c(=O)[nH]2)c1)N1CCC(CC(F)(F)F)CC1. The molecule has 0 radical (unpaired) electrons. The Hall–Kier alpha value is -2.69. The highest BCUT2D eigenvalue weighted by atomic mass is 32.1. The molecule has 0 atom stereocenters. The second-order valence-corrected chi connectivity index (χ2v) is 7.65. The van der Waals surface area contributed by atoms with E-state index < -0.39 is 18.5 Å². The van der Waals surface area contributed by atoms with Gasteiger partial charge in [0.1, 0.15) is 4.83 Å². The number of aromatic amines is 1. The second kappa shape index (κ2) is 7.04. The molecule has 1 fully saturated rings. The number of piperidine rings is 1. The van der Waals surface area contributed by atoms with E-state index in [0.29, 0.717) is 28.6 Å². The number of H-pyrrole nitrogens is 1. The van der Waals surface area contributed by atoms with Crippen molar-refractivity contribution in [3.8, 4) is 5.95 Å². The lowest BCUT2D eigenvalue weighted by molar-refractivity contribution is -0.147. The molecule has 3 aromatic rings. The van der Waals surface area contributed by atoms with Gasteiger partial charge >= 0.3 is 6.18 Å². The minimum Gasteiger partial charge on any atom is -0.339 e. The van der Waals surface area contributed by atoms with Gasteiger partial charge in [-0.05, 0) is 30.2 Å². The first-order valence-corrected chi connectivity index (χ1v) is 9.57. The molecule has 1 aliphatic heterocycles. The van der Waals surface area contributed by atoms with Gasteiger partial charge in [0.15, 0.2) is 0 Å². The van der Waals surface area contributed by atoms with E-state index in [1.54, 1.807) is 11.4 Å². The highest BCUT2D eigenvalue weighted by Gasteiger charge is 2.34. The number of likely N-dealkylation sites (tertiary alicyclic amines) is 1. The summed E-state index contributed by atoms with van der Waals surface area (Å²) in [6, 6.07) is 1.68. The van der Waals surface area contributed by atoms with Crippen LogP contribution in [-0.4, -0.2) is 49.8 Å². The summed E-state index contributed by atoms with van der Waals surface area (Å²) < 4.78 is 38.8. The van der Waals surface area contributed by atoms with Crippen molar-refractivity contribution < 1.29 is 18.0 Å². The largest absolute Gasteiger partial charge is 0.389 e. The molecule has 4 heterocycles. The van der Waals surface area contributed by atoms with E-state index in [2.05, 4.69) is 15.1 Å². The van der Waals surface area contributed by atoms with E-state index in [4.69, 9.17) is 0 Å². The molecule has 1 aliphatic rings. The van der Waals surface area contributed by atoms with E-state index in [1.807, 2.05) is 0 Å². The number of hydrogen-bond donors (Lipinski definition) is 1. The molecular weight excluding hydrogens is 395 g/mol. The summed E-state index contributed by atoms with van der Waals surface area (Å²) in [6.07, 6.45) is -1.51. The zero-order valence-corrected chi connectivity index (χ0v) is 15.4. The fourth-order valence-corrected chi connectivity index (χ4v) is 4.12. The van der Waals surface area contributed by atoms with Crippen LogP contribution in [0, 0.1) is 5.92 Å². The minimum atomic E-state index is -4.18. The second-order valence-electron chi connectivity index (χ2n) is 6.76. The number of carbonyl (C=O) groups is 1. The molecule has 28 heavy (non-hydrogen) atoms. The number of aromatic nitrogens is 4. The topological polar surface area (TPSA) is 83.9 Å². The van der Waals surface area contributed by atoms with Gasteiger partial charge < -0.3 is 4.90 Å². The summed E-state index contributed by atoms with van der Waals surface area (Å²) in [5, 5.41) is 6.34. The van der Waals surface area contributed by atoms with Crippen molar-refractivity contribution in [3.63, 3.8) is 0 Å². The highest BCUT2D eigenvalue weighted by Crippen LogP contribution is 2.31. The molecule has 0 aliphatic carbocycles. The van der Waals surface area contributed by atoms with Gasteiger partial charge in [0.05, 0.1) is 17.1 Å². The molecule has 4 rings (SSSR count). The quantitative estimate of drug-likeness (QED) is 0.718. The Morgan fingerprint density at radius 2 is 2.07 bits per heavy atom. The van der Waals surface area contributed by atoms with E-state index in [-0.39, 0.29) is 30.5 Å². The van der Waals surface area contributed by atoms with Gasteiger partial charge in [-0.3, -0.25) is 14.6 Å². The molecule has 148 valence electrons. The van der Waals surface area contributed by atoms with Gasteiger partial charge in [0.25, 0.3) is 11.5 Å². The van der Waals surface area contributed by atoms with Gasteiger partial charge in [-0.15, -0.1) is 11.3 Å². The first-order valence-electron chi connectivity index (χ1n) is 8.69. The summed E-state index contributed by atoms with van der Waals surface area (Å²) in [6.45, 7) is 0.558. The van der Waals surface area contributed by atoms with Gasteiger partial charge in [0, 0.05) is 25.7 Å². The van der Waals surface area contributed by atoms with Crippen LogP contribution in [0.5, 0.6) is 0 Å². The number of nitrogens with one attached hydrogen (secondary N) is 1. The third-order valence-electron chi connectivity index (χ3n) is 4.79. The normalized spacial score (nSPS) is 16.0. The number of amides is 1. The lowest BCUT2D eigenvalue weighted by Crippen LogP contribution is -2.39. The summed E-state index contributed by atoms with van der Waals surface area (Å²) in [5.41, 5.74) is -0.000407. The molecule has 11 heteroatoms. The van der Waals surface area contributed by atoms with Crippen LogP contribution in [0.4, 0.5) is 13.2 Å². The van der Waals surface area contributed by atoms with Crippen molar-refractivity contribution in [2.24, 2.45) is 5.92 Å². The summed E-state index contributed by atoms with van der Waals surface area (Å²) in [7, 11) is 0. The van der Waals surface area contributed by atoms with Crippen molar-refractivity contribution in [2.75, 3.05) is 13.1 Å². The lowest BCUT2D eigenvalue weighted by Gasteiger charge is -2.32. The molecule has 1 amide bonds. The van der Waals surface area contributed by atoms with E-state index >= 15 is 0 Å². The predicted octanol–water partition coefficient (Wildman–Crippen LogP) is 2.97. The molecule has 0 bridgehead atoms. The molecule has 3 aromatic heterocycles. The maximum absolute atomic E-state index is 12.6. The van der Waals surface area contributed by atoms with Crippen molar-refractivity contribution in [3.05, 3.63) is 39.8 Å². The molecule has 7 nitrogen and oxygen atoms in total. The monoisotopic (exact) mass is 411 g/mol. The van der Waals surface area contributed by atoms with Crippen LogP contribution in [-0.2, 0) is 0 Å². The van der Waals surface area contributed by atoms with Gasteiger partial charge in [-0.2, -0.15) is 18.3 Å². The van der Waals surface area contributed by atoms with Crippen LogP contribution in [0.15, 0.2) is 28.6 Å². The van der Waals surface area contributed by atoms with Crippen LogP contribution >= 0.6 is 11.3 Å². The molecule has 1 saturated heterocycles. The zero-order chi connectivity index (χ0) is 19.9. The third-order valence-corrected chi connectivity index (χ3v) is 5.60. The Morgan fingerprint density at radius 1 is 1.32 bits per heavy atom. The van der Waals surface area contributed by atoms with Crippen molar-refractivity contribution in [2.45, 2.75) is 25.4 Å². The smallest absolute Gasteiger partial charge is 0.339 e. The van der Waals surface area contributed by atoms with Crippen molar-refractivity contribution in [1.82, 2.24) is 24.6 Å². The average Bonchev–Trinajstić information content (AvgIpc) is 3.30. The van der Waals surface area contributed by atoms with Gasteiger partial charge in [-0.25, -0.2) is 9.67 Å². The third kappa shape index (κ3) is 3.79. The molecule has 0 spiro atoms. The maximum Gasteiger partial charge on any atom is 0.389 e. The van der Waals surface area contributed by atoms with Crippen molar-refractivity contribution >= 4 is 27.5 Å². The van der Waals surface area contributed by atoms with Gasteiger partial charge in [-0.1, -0.05) is 0 Å². The Morgan fingerprint density at radius 3 is 2.79 bits per heavy atom. The Balaban J connectivity index is 1.47. The number of carbonyl (C=O) groups excluding carboxylic acids is 1. The number of fused-ring (bicyclic) bond motifs is 1. The van der Waals surface area contributed by atoms with Gasteiger partial charge in [0.2, 0.25) is 5.95 Å².